The Morgan fingerprint density at radius 2 is 1.94 bits per heavy atom. The molecule has 0 atom stereocenters. The van der Waals surface area contributed by atoms with E-state index in [1.54, 1.807) is 14.2 Å². The lowest BCUT2D eigenvalue weighted by molar-refractivity contribution is 0.193. The van der Waals surface area contributed by atoms with Gasteiger partial charge in [0.05, 0.1) is 0 Å². The maximum absolute atomic E-state index is 5.73. The van der Waals surface area contributed by atoms with Crippen molar-refractivity contribution in [3.8, 4) is 0 Å². The monoisotopic (exact) mass is 245 g/mol. The summed E-state index contributed by atoms with van der Waals surface area (Å²) in [5.41, 5.74) is 0. The summed E-state index contributed by atoms with van der Waals surface area (Å²) in [6.45, 7) is 1.55. The number of nitrogens with zero attached hydrogens (tertiary/aromatic N) is 3. The highest BCUT2D eigenvalue weighted by Crippen LogP contribution is 2.08. The molecule has 1 rings (SSSR count). The smallest absolute Gasteiger partial charge is 0.228 e. The van der Waals surface area contributed by atoms with Crippen molar-refractivity contribution in [2.75, 3.05) is 37.9 Å². The van der Waals surface area contributed by atoms with Crippen LogP contribution in [0.3, 0.4) is 0 Å². The van der Waals surface area contributed by atoms with Crippen molar-refractivity contribution in [3.63, 3.8) is 0 Å². The fourth-order valence-corrected chi connectivity index (χ4v) is 1.27. The topological polar surface area (TPSA) is 72.0 Å². The van der Waals surface area contributed by atoms with Crippen LogP contribution in [0.5, 0.6) is 0 Å². The number of methoxy groups -OCH3 is 1. The summed E-state index contributed by atoms with van der Waals surface area (Å²) in [7, 11) is 3.42. The molecular weight excluding hydrogens is 230 g/mol. The van der Waals surface area contributed by atoms with Crippen molar-refractivity contribution in [2.45, 2.75) is 12.8 Å². The first-order chi connectivity index (χ1) is 7.76. The molecule has 1 aromatic heterocycles. The van der Waals surface area contributed by atoms with E-state index in [1.807, 2.05) is 0 Å². The van der Waals surface area contributed by atoms with Gasteiger partial charge in [0.25, 0.3) is 0 Å². The van der Waals surface area contributed by atoms with Crippen molar-refractivity contribution < 1.29 is 4.74 Å². The first-order valence-electron chi connectivity index (χ1n) is 5.08. The second kappa shape index (κ2) is 7.19. The predicted octanol–water partition coefficient (Wildman–Crippen LogP) is 1.41. The van der Waals surface area contributed by atoms with E-state index in [1.165, 1.54) is 0 Å². The van der Waals surface area contributed by atoms with E-state index < -0.39 is 0 Å². The van der Waals surface area contributed by atoms with E-state index in [-0.39, 0.29) is 5.28 Å². The van der Waals surface area contributed by atoms with Crippen molar-refractivity contribution >= 4 is 23.5 Å². The number of halogens is 1. The molecule has 1 aromatic rings. The number of nitrogens with one attached hydrogen (secondary N) is 2. The standard InChI is InChI=1S/C9H16ClN5O/c1-11-8-13-7(10)14-9(15-8)12-5-3-4-6-16-2/h3-6H2,1-2H3,(H2,11,12,13,14,15). The molecule has 0 saturated carbocycles. The van der Waals surface area contributed by atoms with Crippen LogP contribution in [-0.2, 0) is 4.74 Å². The van der Waals surface area contributed by atoms with Crippen LogP contribution >= 0.6 is 11.6 Å². The molecule has 7 heteroatoms. The Kier molecular flexibility index (Phi) is 5.81. The van der Waals surface area contributed by atoms with E-state index in [4.69, 9.17) is 16.3 Å². The van der Waals surface area contributed by atoms with Gasteiger partial charge in [-0.25, -0.2) is 0 Å². The maximum atomic E-state index is 5.73. The van der Waals surface area contributed by atoms with Crippen LogP contribution < -0.4 is 10.6 Å². The van der Waals surface area contributed by atoms with E-state index in [2.05, 4.69) is 25.6 Å². The molecular formula is C9H16ClN5O. The van der Waals surface area contributed by atoms with Crippen LogP contribution in [-0.4, -0.2) is 42.3 Å². The summed E-state index contributed by atoms with van der Waals surface area (Å²) < 4.78 is 4.95. The van der Waals surface area contributed by atoms with Crippen molar-refractivity contribution in [1.29, 1.82) is 0 Å². The van der Waals surface area contributed by atoms with Gasteiger partial charge < -0.3 is 15.4 Å². The average Bonchev–Trinajstić information content (AvgIpc) is 2.28. The summed E-state index contributed by atoms with van der Waals surface area (Å²) in [5.74, 6) is 0.946. The second-order valence-corrected chi connectivity index (χ2v) is 3.47. The Hall–Kier alpha value is -1.14. The number of ether oxygens (including phenoxy) is 1. The zero-order valence-corrected chi connectivity index (χ0v) is 10.2. The number of hydrogen-bond donors (Lipinski definition) is 2. The highest BCUT2D eigenvalue weighted by Gasteiger charge is 2.02. The molecule has 0 saturated heterocycles. The zero-order chi connectivity index (χ0) is 11.8. The fourth-order valence-electron chi connectivity index (χ4n) is 1.11. The SMILES string of the molecule is CNc1nc(Cl)nc(NCCCCOC)n1. The normalized spacial score (nSPS) is 10.2. The highest BCUT2D eigenvalue weighted by atomic mass is 35.5. The quantitative estimate of drug-likeness (QED) is 0.708. The largest absolute Gasteiger partial charge is 0.385 e. The molecule has 0 aromatic carbocycles. The molecule has 0 radical (unpaired) electrons. The minimum atomic E-state index is 0.179. The molecule has 0 aliphatic rings. The summed E-state index contributed by atoms with van der Waals surface area (Å²) in [6.07, 6.45) is 1.99. The minimum Gasteiger partial charge on any atom is -0.385 e. The lowest BCUT2D eigenvalue weighted by Gasteiger charge is -2.06. The van der Waals surface area contributed by atoms with Gasteiger partial charge in [-0.05, 0) is 24.4 Å². The molecule has 16 heavy (non-hydrogen) atoms. The van der Waals surface area contributed by atoms with Gasteiger partial charge in [0.2, 0.25) is 17.2 Å². The molecule has 0 bridgehead atoms. The molecule has 6 nitrogen and oxygen atoms in total. The van der Waals surface area contributed by atoms with Crippen LogP contribution in [0.15, 0.2) is 0 Å². The van der Waals surface area contributed by atoms with Crippen molar-refractivity contribution in [2.24, 2.45) is 0 Å². The van der Waals surface area contributed by atoms with Gasteiger partial charge >= 0.3 is 0 Å². The molecule has 0 aliphatic carbocycles. The average molecular weight is 246 g/mol. The van der Waals surface area contributed by atoms with Crippen LogP contribution in [0.25, 0.3) is 0 Å². The van der Waals surface area contributed by atoms with Gasteiger partial charge in [-0.2, -0.15) is 15.0 Å². The van der Waals surface area contributed by atoms with Gasteiger partial charge in [-0.1, -0.05) is 0 Å². The molecule has 0 aliphatic heterocycles. The van der Waals surface area contributed by atoms with E-state index in [0.717, 1.165) is 26.0 Å². The Labute approximate surface area is 99.8 Å². The van der Waals surface area contributed by atoms with E-state index in [0.29, 0.717) is 11.9 Å². The molecule has 0 amide bonds. The molecule has 0 fully saturated rings. The van der Waals surface area contributed by atoms with Crippen LogP contribution in [0, 0.1) is 0 Å². The first-order valence-corrected chi connectivity index (χ1v) is 5.46. The van der Waals surface area contributed by atoms with Gasteiger partial charge in [0, 0.05) is 27.3 Å². The lowest BCUT2D eigenvalue weighted by atomic mass is 10.3. The highest BCUT2D eigenvalue weighted by molar-refractivity contribution is 6.28. The Balaban J connectivity index is 2.38. The summed E-state index contributed by atoms with van der Waals surface area (Å²) in [6, 6.07) is 0. The number of unbranched alkanes of at least 4 members (excludes halogenated alkanes) is 1. The molecule has 1 heterocycles. The van der Waals surface area contributed by atoms with Crippen molar-refractivity contribution in [1.82, 2.24) is 15.0 Å². The number of anilines is 2. The Morgan fingerprint density at radius 3 is 2.62 bits per heavy atom. The van der Waals surface area contributed by atoms with Gasteiger partial charge in [-0.15, -0.1) is 0 Å². The van der Waals surface area contributed by atoms with E-state index in [9.17, 15) is 0 Å². The summed E-state index contributed by atoms with van der Waals surface area (Å²) >= 11 is 5.73. The number of aromatic nitrogens is 3. The number of hydrogen-bond acceptors (Lipinski definition) is 6. The lowest BCUT2D eigenvalue weighted by Crippen LogP contribution is -2.09. The zero-order valence-electron chi connectivity index (χ0n) is 9.46. The Bertz CT molecular complexity index is 323. The predicted molar refractivity (Wildman–Crippen MR) is 64.0 cm³/mol. The fraction of sp³-hybridized carbons (Fsp3) is 0.667. The maximum Gasteiger partial charge on any atom is 0.228 e. The third-order valence-electron chi connectivity index (χ3n) is 1.89. The summed E-state index contributed by atoms with van der Waals surface area (Å²) in [5, 5.41) is 6.07. The second-order valence-electron chi connectivity index (χ2n) is 3.13. The van der Waals surface area contributed by atoms with E-state index >= 15 is 0 Å². The number of rotatable bonds is 7. The van der Waals surface area contributed by atoms with Crippen LogP contribution in [0.1, 0.15) is 12.8 Å². The molecule has 90 valence electrons. The summed E-state index contributed by atoms with van der Waals surface area (Å²) in [4.78, 5) is 12.0. The third-order valence-corrected chi connectivity index (χ3v) is 2.06. The molecule has 2 N–H and O–H groups in total. The van der Waals surface area contributed by atoms with Crippen LogP contribution in [0.2, 0.25) is 5.28 Å². The third kappa shape index (κ3) is 4.59. The Morgan fingerprint density at radius 1 is 1.19 bits per heavy atom. The molecule has 0 spiro atoms. The minimum absolute atomic E-state index is 0.179. The molecule has 0 unspecified atom stereocenters. The van der Waals surface area contributed by atoms with Crippen LogP contribution in [0.4, 0.5) is 11.9 Å². The van der Waals surface area contributed by atoms with Gasteiger partial charge in [0.15, 0.2) is 0 Å². The first kappa shape index (κ1) is 12.9. The van der Waals surface area contributed by atoms with Gasteiger partial charge in [-0.3, -0.25) is 0 Å². The van der Waals surface area contributed by atoms with Gasteiger partial charge in [0.1, 0.15) is 0 Å². The van der Waals surface area contributed by atoms with Crippen molar-refractivity contribution in [3.05, 3.63) is 5.28 Å².